The first-order chi connectivity index (χ1) is 17.4. The minimum absolute atomic E-state index is 0.777. The minimum atomic E-state index is -0.854. The summed E-state index contributed by atoms with van der Waals surface area (Å²) in [6.07, 6.45) is 24.5. The van der Waals surface area contributed by atoms with E-state index >= 15 is 0 Å². The van der Waals surface area contributed by atoms with Crippen molar-refractivity contribution in [3.8, 4) is 0 Å². The molecule has 0 radical (unpaired) electrons. The molecule has 0 aliphatic heterocycles. The van der Waals surface area contributed by atoms with Crippen molar-refractivity contribution in [1.29, 1.82) is 0 Å². The summed E-state index contributed by atoms with van der Waals surface area (Å²) >= 11 is 0. The van der Waals surface area contributed by atoms with Crippen LogP contribution in [0.25, 0.3) is 0 Å². The van der Waals surface area contributed by atoms with Gasteiger partial charge in [-0.3, -0.25) is 0 Å². The van der Waals surface area contributed by atoms with Gasteiger partial charge in [0.1, 0.15) is 5.67 Å². The Labute approximate surface area is 235 Å². The van der Waals surface area contributed by atoms with Crippen LogP contribution < -0.4 is 0 Å². The number of hydrogen-bond acceptors (Lipinski definition) is 0. The molecule has 0 saturated heterocycles. The first-order valence-electron chi connectivity index (χ1n) is 17.0. The van der Waals surface area contributed by atoms with Crippen molar-refractivity contribution in [1.82, 2.24) is 0 Å². The average Bonchev–Trinajstić information content (AvgIpc) is 3.57. The maximum absolute atomic E-state index is 13.4. The average molecular weight is 523 g/mol. The fourth-order valence-electron chi connectivity index (χ4n) is 6.69. The SMILES string of the molecule is CC(C)CC1CC1.CC(C)CC1CCC(C)(F)CC1.CC(C)CC1CCC1.CC(C)CC1CCCCC1. The molecule has 0 aromatic carbocycles. The molecule has 222 valence electrons. The molecule has 0 N–H and O–H groups in total. The molecule has 37 heavy (non-hydrogen) atoms. The van der Waals surface area contributed by atoms with E-state index in [0.29, 0.717) is 0 Å². The molecule has 0 nitrogen and oxygen atoms in total. The second-order valence-corrected chi connectivity index (χ2v) is 15.6. The molecule has 1 heteroatoms. The van der Waals surface area contributed by atoms with Crippen molar-refractivity contribution in [3.63, 3.8) is 0 Å². The molecule has 0 heterocycles. The molecule has 0 bridgehead atoms. The summed E-state index contributed by atoms with van der Waals surface area (Å²) < 4.78 is 13.4. The third-order valence-corrected chi connectivity index (χ3v) is 9.01. The quantitative estimate of drug-likeness (QED) is 0.297. The highest BCUT2D eigenvalue weighted by Crippen LogP contribution is 2.37. The van der Waals surface area contributed by atoms with Gasteiger partial charge in [0.15, 0.2) is 0 Å². The third-order valence-electron chi connectivity index (χ3n) is 9.01. The van der Waals surface area contributed by atoms with Gasteiger partial charge in [-0.1, -0.05) is 120 Å². The fraction of sp³-hybridized carbons (Fsp3) is 1.00. The van der Waals surface area contributed by atoms with Gasteiger partial charge in [-0.2, -0.15) is 0 Å². The van der Waals surface area contributed by atoms with Gasteiger partial charge in [0.25, 0.3) is 0 Å². The number of rotatable bonds is 8. The Kier molecular flexibility index (Phi) is 18.0. The number of hydrogen-bond donors (Lipinski definition) is 0. The predicted octanol–water partition coefficient (Wildman–Crippen LogP) is 12.8. The van der Waals surface area contributed by atoms with Gasteiger partial charge in [-0.05, 0) is 106 Å². The molecule has 4 aliphatic rings. The van der Waals surface area contributed by atoms with Gasteiger partial charge in [0, 0.05) is 0 Å². The molecule has 4 aliphatic carbocycles. The lowest BCUT2D eigenvalue weighted by Crippen LogP contribution is -2.26. The Bertz CT molecular complexity index is 507. The van der Waals surface area contributed by atoms with Gasteiger partial charge in [-0.25, -0.2) is 4.39 Å². The summed E-state index contributed by atoms with van der Waals surface area (Å²) in [4.78, 5) is 0. The van der Waals surface area contributed by atoms with E-state index in [9.17, 15) is 4.39 Å². The van der Waals surface area contributed by atoms with Gasteiger partial charge < -0.3 is 0 Å². The minimum Gasteiger partial charge on any atom is -0.244 e. The molecule has 0 aromatic rings. The smallest absolute Gasteiger partial charge is 0.108 e. The van der Waals surface area contributed by atoms with Crippen LogP contribution in [0.3, 0.4) is 0 Å². The van der Waals surface area contributed by atoms with Crippen molar-refractivity contribution >= 4 is 0 Å². The van der Waals surface area contributed by atoms with E-state index in [4.69, 9.17) is 0 Å². The van der Waals surface area contributed by atoms with E-state index in [1.807, 2.05) is 0 Å². The van der Waals surface area contributed by atoms with Crippen LogP contribution in [0.4, 0.5) is 4.39 Å². The van der Waals surface area contributed by atoms with Crippen molar-refractivity contribution in [2.45, 2.75) is 184 Å². The monoisotopic (exact) mass is 523 g/mol. The molecule has 4 saturated carbocycles. The summed E-state index contributed by atoms with van der Waals surface area (Å²) in [7, 11) is 0. The highest BCUT2D eigenvalue weighted by molar-refractivity contribution is 4.82. The maximum Gasteiger partial charge on any atom is 0.108 e. The summed E-state index contributed by atoms with van der Waals surface area (Å²) in [6, 6.07) is 0. The highest BCUT2D eigenvalue weighted by Gasteiger charge is 2.30. The lowest BCUT2D eigenvalue weighted by molar-refractivity contribution is 0.0968. The summed E-state index contributed by atoms with van der Waals surface area (Å²) in [5, 5.41) is 0. The normalized spacial score (nSPS) is 26.6. The zero-order chi connectivity index (χ0) is 27.8. The molecule has 0 spiro atoms. The van der Waals surface area contributed by atoms with Crippen LogP contribution in [0.2, 0.25) is 0 Å². The first-order valence-corrected chi connectivity index (χ1v) is 17.0. The van der Waals surface area contributed by atoms with E-state index in [2.05, 4.69) is 55.4 Å². The third kappa shape index (κ3) is 20.5. The topological polar surface area (TPSA) is 0 Å². The van der Waals surface area contributed by atoms with Crippen molar-refractivity contribution in [2.75, 3.05) is 0 Å². The number of halogens is 1. The Morgan fingerprint density at radius 2 is 0.757 bits per heavy atom. The Morgan fingerprint density at radius 1 is 0.459 bits per heavy atom. The Hall–Kier alpha value is -0.0700. The van der Waals surface area contributed by atoms with Crippen molar-refractivity contribution < 1.29 is 4.39 Å². The zero-order valence-electron chi connectivity index (χ0n) is 27.2. The maximum atomic E-state index is 13.4. The van der Waals surface area contributed by atoms with Crippen LogP contribution >= 0.6 is 0 Å². The first kappa shape index (κ1) is 35.0. The van der Waals surface area contributed by atoms with Crippen LogP contribution in [0.1, 0.15) is 178 Å². The molecule has 0 unspecified atom stereocenters. The molecule has 0 aromatic heterocycles. The van der Waals surface area contributed by atoms with Gasteiger partial charge in [0.05, 0.1) is 0 Å². The molecule has 0 atom stereocenters. The van der Waals surface area contributed by atoms with Gasteiger partial charge in [-0.15, -0.1) is 0 Å². The van der Waals surface area contributed by atoms with Crippen molar-refractivity contribution in [3.05, 3.63) is 0 Å². The zero-order valence-corrected chi connectivity index (χ0v) is 27.2. The van der Waals surface area contributed by atoms with E-state index in [0.717, 1.165) is 73.0 Å². The predicted molar refractivity (Wildman–Crippen MR) is 166 cm³/mol. The molecule has 4 rings (SSSR count). The van der Waals surface area contributed by atoms with Crippen LogP contribution in [-0.4, -0.2) is 5.67 Å². The molecule has 4 fully saturated rings. The van der Waals surface area contributed by atoms with Gasteiger partial charge in [0.2, 0.25) is 0 Å². The van der Waals surface area contributed by atoms with E-state index in [-0.39, 0.29) is 0 Å². The summed E-state index contributed by atoms with van der Waals surface area (Å²) in [5.41, 5.74) is -0.854. The summed E-state index contributed by atoms with van der Waals surface area (Å²) in [5.74, 6) is 7.67. The lowest BCUT2D eigenvalue weighted by Gasteiger charge is -2.31. The van der Waals surface area contributed by atoms with Crippen LogP contribution in [0.15, 0.2) is 0 Å². The standard InChI is InChI=1S/C11H21F.C10H20.C8H16.C7H14/c1-9(2)8-10-4-6-11(3,12)7-5-10;1-9(2)8-10-6-4-3-5-7-10;1-7(2)6-8-4-3-5-8;1-6(2)5-7-3-4-7/h9-10H,4-8H2,1-3H3;9-10H,3-8H2,1-2H3;7-8H,3-6H2,1-2H3;6-7H,3-5H2,1-2H3. The largest absolute Gasteiger partial charge is 0.244 e. The second-order valence-electron chi connectivity index (χ2n) is 15.6. The molecular weight excluding hydrogens is 451 g/mol. The number of alkyl halides is 1. The van der Waals surface area contributed by atoms with E-state index in [1.165, 1.54) is 89.9 Å². The van der Waals surface area contributed by atoms with Crippen molar-refractivity contribution in [2.24, 2.45) is 47.3 Å². The van der Waals surface area contributed by atoms with E-state index in [1.54, 1.807) is 6.92 Å². The molecule has 0 amide bonds. The van der Waals surface area contributed by atoms with Crippen LogP contribution in [0, 0.1) is 47.3 Å². The Morgan fingerprint density at radius 3 is 1.03 bits per heavy atom. The van der Waals surface area contributed by atoms with E-state index < -0.39 is 5.67 Å². The summed E-state index contributed by atoms with van der Waals surface area (Å²) in [6.45, 7) is 20.2. The molecular formula is C36H71F. The lowest BCUT2D eigenvalue weighted by atomic mass is 9.78. The van der Waals surface area contributed by atoms with Crippen LogP contribution in [-0.2, 0) is 0 Å². The van der Waals surface area contributed by atoms with Crippen LogP contribution in [0.5, 0.6) is 0 Å². The fourth-order valence-corrected chi connectivity index (χ4v) is 6.69. The Balaban J connectivity index is 0.000000252. The highest BCUT2D eigenvalue weighted by atomic mass is 19.1. The van der Waals surface area contributed by atoms with Gasteiger partial charge >= 0.3 is 0 Å². The second kappa shape index (κ2) is 19.1.